The van der Waals surface area contributed by atoms with E-state index in [1.54, 1.807) is 7.11 Å². The SMILES string of the molecule is CCc1ccc(C(=O)C(OC)C(C)C)cc1. The van der Waals surface area contributed by atoms with Crippen LogP contribution in [0.1, 0.15) is 36.7 Å². The maximum atomic E-state index is 12.1. The molecule has 1 aromatic rings. The quantitative estimate of drug-likeness (QED) is 0.713. The van der Waals surface area contributed by atoms with Gasteiger partial charge in [-0.15, -0.1) is 0 Å². The normalized spacial score (nSPS) is 12.8. The summed E-state index contributed by atoms with van der Waals surface area (Å²) in [5.74, 6) is 0.267. The first-order valence-corrected chi connectivity index (χ1v) is 5.76. The van der Waals surface area contributed by atoms with Crippen LogP contribution in [0, 0.1) is 5.92 Å². The summed E-state index contributed by atoms with van der Waals surface area (Å²) in [6.45, 7) is 6.09. The van der Waals surface area contributed by atoms with Crippen molar-refractivity contribution in [1.29, 1.82) is 0 Å². The van der Waals surface area contributed by atoms with E-state index >= 15 is 0 Å². The monoisotopic (exact) mass is 220 g/mol. The lowest BCUT2D eigenvalue weighted by atomic mass is 9.97. The topological polar surface area (TPSA) is 26.3 Å². The van der Waals surface area contributed by atoms with Gasteiger partial charge in [0.25, 0.3) is 0 Å². The Bertz CT molecular complexity index is 338. The summed E-state index contributed by atoms with van der Waals surface area (Å²) in [5, 5.41) is 0. The molecule has 1 aromatic carbocycles. The molecular formula is C14H20O2. The average Bonchev–Trinajstić information content (AvgIpc) is 2.29. The first kappa shape index (κ1) is 12.9. The average molecular weight is 220 g/mol. The number of hydrogen-bond donors (Lipinski definition) is 0. The minimum atomic E-state index is -0.340. The first-order valence-electron chi connectivity index (χ1n) is 5.76. The summed E-state index contributed by atoms with van der Waals surface area (Å²) in [4.78, 5) is 12.1. The number of ketones is 1. The summed E-state index contributed by atoms with van der Waals surface area (Å²) in [7, 11) is 1.59. The lowest BCUT2D eigenvalue weighted by molar-refractivity contribution is 0.0458. The van der Waals surface area contributed by atoms with Gasteiger partial charge in [-0.25, -0.2) is 0 Å². The van der Waals surface area contributed by atoms with Gasteiger partial charge in [-0.1, -0.05) is 45.0 Å². The fourth-order valence-electron chi connectivity index (χ4n) is 1.75. The summed E-state index contributed by atoms with van der Waals surface area (Å²) in [6, 6.07) is 7.77. The van der Waals surface area contributed by atoms with Crippen LogP contribution in [-0.2, 0) is 11.2 Å². The maximum absolute atomic E-state index is 12.1. The van der Waals surface area contributed by atoms with Gasteiger partial charge in [0.2, 0.25) is 0 Å². The molecule has 0 aliphatic heterocycles. The molecule has 0 spiro atoms. The van der Waals surface area contributed by atoms with E-state index in [0.717, 1.165) is 12.0 Å². The van der Waals surface area contributed by atoms with Crippen molar-refractivity contribution >= 4 is 5.78 Å². The van der Waals surface area contributed by atoms with E-state index in [0.29, 0.717) is 0 Å². The fourth-order valence-corrected chi connectivity index (χ4v) is 1.75. The highest BCUT2D eigenvalue weighted by molar-refractivity contribution is 5.99. The van der Waals surface area contributed by atoms with Gasteiger partial charge in [0.05, 0.1) is 0 Å². The van der Waals surface area contributed by atoms with Gasteiger partial charge in [0.1, 0.15) is 6.10 Å². The van der Waals surface area contributed by atoms with Crippen molar-refractivity contribution in [3.05, 3.63) is 35.4 Å². The highest BCUT2D eigenvalue weighted by atomic mass is 16.5. The molecule has 2 heteroatoms. The van der Waals surface area contributed by atoms with Crippen molar-refractivity contribution in [2.24, 2.45) is 5.92 Å². The van der Waals surface area contributed by atoms with Gasteiger partial charge in [0, 0.05) is 12.7 Å². The lowest BCUT2D eigenvalue weighted by Gasteiger charge is -2.17. The van der Waals surface area contributed by atoms with Crippen LogP contribution in [0.15, 0.2) is 24.3 Å². The van der Waals surface area contributed by atoms with Crippen molar-refractivity contribution < 1.29 is 9.53 Å². The van der Waals surface area contributed by atoms with E-state index in [1.807, 2.05) is 38.1 Å². The molecular weight excluding hydrogens is 200 g/mol. The molecule has 0 heterocycles. The molecule has 0 saturated heterocycles. The third-order valence-electron chi connectivity index (χ3n) is 2.76. The Kier molecular flexibility index (Phi) is 4.69. The van der Waals surface area contributed by atoms with E-state index in [4.69, 9.17) is 4.74 Å². The molecule has 0 radical (unpaired) electrons. The summed E-state index contributed by atoms with van der Waals surface area (Å²) in [6.07, 6.45) is 0.652. The Morgan fingerprint density at radius 2 is 1.81 bits per heavy atom. The lowest BCUT2D eigenvalue weighted by Crippen LogP contribution is -2.28. The first-order chi connectivity index (χ1) is 7.60. The molecule has 2 nitrogen and oxygen atoms in total. The number of ether oxygens (including phenoxy) is 1. The van der Waals surface area contributed by atoms with Crippen LogP contribution in [-0.4, -0.2) is 19.0 Å². The Hall–Kier alpha value is -1.15. The zero-order valence-corrected chi connectivity index (χ0v) is 10.5. The van der Waals surface area contributed by atoms with Crippen LogP contribution in [0.25, 0.3) is 0 Å². The molecule has 0 aliphatic rings. The third kappa shape index (κ3) is 2.92. The molecule has 0 aromatic heterocycles. The molecule has 0 fully saturated rings. The summed E-state index contributed by atoms with van der Waals surface area (Å²) in [5.41, 5.74) is 1.98. The molecule has 0 N–H and O–H groups in total. The minimum absolute atomic E-state index is 0.0696. The van der Waals surface area contributed by atoms with E-state index in [9.17, 15) is 4.79 Å². The molecule has 0 aliphatic carbocycles. The molecule has 0 saturated carbocycles. The highest BCUT2D eigenvalue weighted by Gasteiger charge is 2.22. The fraction of sp³-hybridized carbons (Fsp3) is 0.500. The van der Waals surface area contributed by atoms with E-state index < -0.39 is 0 Å². The number of methoxy groups -OCH3 is 1. The number of carbonyl (C=O) groups excluding carboxylic acids is 1. The molecule has 16 heavy (non-hydrogen) atoms. The molecule has 0 amide bonds. The molecule has 0 bridgehead atoms. The van der Waals surface area contributed by atoms with E-state index in [2.05, 4.69) is 6.92 Å². The number of benzene rings is 1. The van der Waals surface area contributed by atoms with Crippen LogP contribution in [0.3, 0.4) is 0 Å². The van der Waals surface area contributed by atoms with Crippen LogP contribution < -0.4 is 0 Å². The highest BCUT2D eigenvalue weighted by Crippen LogP contribution is 2.14. The summed E-state index contributed by atoms with van der Waals surface area (Å²) < 4.78 is 5.23. The smallest absolute Gasteiger partial charge is 0.191 e. The zero-order chi connectivity index (χ0) is 12.1. The standard InChI is InChI=1S/C14H20O2/c1-5-11-6-8-12(9-7-11)13(15)14(16-4)10(2)3/h6-10,14H,5H2,1-4H3. The van der Waals surface area contributed by atoms with Crippen molar-refractivity contribution in [2.45, 2.75) is 33.3 Å². The van der Waals surface area contributed by atoms with E-state index in [1.165, 1.54) is 5.56 Å². The Morgan fingerprint density at radius 1 is 1.25 bits per heavy atom. The number of Topliss-reactive ketones (excluding diaryl/α,β-unsaturated/α-hetero) is 1. The second-order valence-electron chi connectivity index (χ2n) is 4.32. The summed E-state index contributed by atoms with van der Waals surface area (Å²) >= 11 is 0. The zero-order valence-electron chi connectivity index (χ0n) is 10.5. The number of aryl methyl sites for hydroxylation is 1. The molecule has 1 unspecified atom stereocenters. The second kappa shape index (κ2) is 5.80. The largest absolute Gasteiger partial charge is 0.373 e. The second-order valence-corrected chi connectivity index (χ2v) is 4.32. The van der Waals surface area contributed by atoms with Crippen molar-refractivity contribution in [3.63, 3.8) is 0 Å². The number of rotatable bonds is 5. The minimum Gasteiger partial charge on any atom is -0.373 e. The molecule has 88 valence electrons. The van der Waals surface area contributed by atoms with Crippen molar-refractivity contribution in [3.8, 4) is 0 Å². The Morgan fingerprint density at radius 3 is 2.19 bits per heavy atom. The van der Waals surface area contributed by atoms with Gasteiger partial charge in [-0.3, -0.25) is 4.79 Å². The van der Waals surface area contributed by atoms with Gasteiger partial charge >= 0.3 is 0 Å². The van der Waals surface area contributed by atoms with Crippen molar-refractivity contribution in [2.75, 3.05) is 7.11 Å². The number of carbonyl (C=O) groups is 1. The van der Waals surface area contributed by atoms with Crippen LogP contribution in [0.5, 0.6) is 0 Å². The predicted octanol–water partition coefficient (Wildman–Crippen LogP) is 3.10. The number of hydrogen-bond acceptors (Lipinski definition) is 2. The van der Waals surface area contributed by atoms with Crippen LogP contribution in [0.4, 0.5) is 0 Å². The van der Waals surface area contributed by atoms with Crippen molar-refractivity contribution in [1.82, 2.24) is 0 Å². The van der Waals surface area contributed by atoms with Gasteiger partial charge < -0.3 is 4.74 Å². The maximum Gasteiger partial charge on any atom is 0.191 e. The van der Waals surface area contributed by atoms with Gasteiger partial charge in [0.15, 0.2) is 5.78 Å². The van der Waals surface area contributed by atoms with Gasteiger partial charge in [-0.2, -0.15) is 0 Å². The Balaban J connectivity index is 2.86. The van der Waals surface area contributed by atoms with Gasteiger partial charge in [-0.05, 0) is 17.9 Å². The van der Waals surface area contributed by atoms with Crippen LogP contribution >= 0.6 is 0 Å². The molecule has 1 rings (SSSR count). The van der Waals surface area contributed by atoms with E-state index in [-0.39, 0.29) is 17.8 Å². The third-order valence-corrected chi connectivity index (χ3v) is 2.76. The molecule has 1 atom stereocenters. The predicted molar refractivity (Wildman–Crippen MR) is 65.8 cm³/mol. The van der Waals surface area contributed by atoms with Crippen LogP contribution in [0.2, 0.25) is 0 Å². The Labute approximate surface area is 97.6 Å².